The van der Waals surface area contributed by atoms with E-state index in [4.69, 9.17) is 11.6 Å². The smallest absolute Gasteiger partial charge is 0.221 e. The first-order chi connectivity index (χ1) is 6.74. The molecule has 4 nitrogen and oxygen atoms in total. The number of rotatable bonds is 3. The minimum absolute atomic E-state index is 0.111. The Morgan fingerprint density at radius 2 is 2.64 bits per heavy atom. The van der Waals surface area contributed by atoms with Crippen molar-refractivity contribution >= 4 is 28.8 Å². The molecule has 0 radical (unpaired) electrons. The number of hydrogen-bond acceptors (Lipinski definition) is 4. The van der Waals surface area contributed by atoms with E-state index < -0.39 is 0 Å². The largest absolute Gasteiger partial charge is 0.354 e. The first kappa shape index (κ1) is 9.89. The number of halogens is 1. The quantitative estimate of drug-likeness (QED) is 0.808. The Hall–Kier alpha value is -0.650. The van der Waals surface area contributed by atoms with E-state index in [2.05, 4.69) is 15.6 Å². The average molecular weight is 232 g/mol. The lowest BCUT2D eigenvalue weighted by Crippen LogP contribution is -2.30. The van der Waals surface area contributed by atoms with Crippen molar-refractivity contribution in [3.05, 3.63) is 15.5 Å². The van der Waals surface area contributed by atoms with Crippen LogP contribution in [0.3, 0.4) is 0 Å². The van der Waals surface area contributed by atoms with E-state index >= 15 is 0 Å². The molecule has 0 saturated carbocycles. The summed E-state index contributed by atoms with van der Waals surface area (Å²) >= 11 is 7.20. The van der Waals surface area contributed by atoms with Gasteiger partial charge in [-0.2, -0.15) is 0 Å². The molecule has 0 bridgehead atoms. The van der Waals surface area contributed by atoms with Gasteiger partial charge in [-0.3, -0.25) is 4.79 Å². The maximum Gasteiger partial charge on any atom is 0.221 e. The van der Waals surface area contributed by atoms with Crippen LogP contribution in [0.5, 0.6) is 0 Å². The minimum Gasteiger partial charge on any atom is -0.354 e. The van der Waals surface area contributed by atoms with Crippen molar-refractivity contribution in [3.8, 4) is 0 Å². The molecule has 2 N–H and O–H groups in total. The zero-order valence-corrected chi connectivity index (χ0v) is 8.99. The summed E-state index contributed by atoms with van der Waals surface area (Å²) in [7, 11) is 0. The summed E-state index contributed by atoms with van der Waals surface area (Å²) in [6.45, 7) is 1.38. The minimum atomic E-state index is 0.111. The second-order valence-corrected chi connectivity index (χ2v) is 4.89. The van der Waals surface area contributed by atoms with Crippen LogP contribution in [0.15, 0.2) is 6.20 Å². The number of nitrogens with one attached hydrogen (secondary N) is 2. The van der Waals surface area contributed by atoms with Crippen LogP contribution in [0.4, 0.5) is 0 Å². The van der Waals surface area contributed by atoms with Gasteiger partial charge in [0.05, 0.1) is 6.20 Å². The van der Waals surface area contributed by atoms with Crippen molar-refractivity contribution < 1.29 is 4.79 Å². The fraction of sp³-hybridized carbons (Fsp3) is 0.500. The Balaban J connectivity index is 1.80. The molecule has 0 spiro atoms. The third-order valence-electron chi connectivity index (χ3n) is 2.04. The van der Waals surface area contributed by atoms with Crippen LogP contribution in [0, 0.1) is 0 Å². The molecule has 6 heteroatoms. The van der Waals surface area contributed by atoms with Gasteiger partial charge in [0.15, 0.2) is 0 Å². The summed E-state index contributed by atoms with van der Waals surface area (Å²) in [5.74, 6) is 0.111. The molecule has 0 aliphatic carbocycles. The Morgan fingerprint density at radius 1 is 1.79 bits per heavy atom. The molecule has 1 amide bonds. The predicted molar refractivity (Wildman–Crippen MR) is 55.4 cm³/mol. The number of carbonyl (C=O) groups excluding carboxylic acids is 1. The molecule has 0 aromatic carbocycles. The summed E-state index contributed by atoms with van der Waals surface area (Å²) in [6.07, 6.45) is 2.19. The normalized spacial score (nSPS) is 21.2. The number of aromatic nitrogens is 1. The fourth-order valence-electron chi connectivity index (χ4n) is 1.35. The van der Waals surface area contributed by atoms with Crippen LogP contribution in [0.2, 0.25) is 4.34 Å². The number of thiazole rings is 1. The van der Waals surface area contributed by atoms with Crippen molar-refractivity contribution in [1.29, 1.82) is 0 Å². The van der Waals surface area contributed by atoms with Gasteiger partial charge in [0.2, 0.25) is 5.91 Å². The molecule has 76 valence electrons. The van der Waals surface area contributed by atoms with E-state index in [0.29, 0.717) is 23.8 Å². The summed E-state index contributed by atoms with van der Waals surface area (Å²) in [5, 5.41) is 6.97. The third kappa shape index (κ3) is 2.43. The molecule has 14 heavy (non-hydrogen) atoms. The van der Waals surface area contributed by atoms with E-state index in [0.717, 1.165) is 5.01 Å². The zero-order valence-electron chi connectivity index (χ0n) is 7.42. The average Bonchev–Trinajstić information content (AvgIpc) is 2.72. The zero-order chi connectivity index (χ0) is 9.97. The standard InChI is InChI=1S/C8H10ClN3OS/c9-6-3-12-8(14-6)4-10-5-1-7(13)11-2-5/h3,5,10H,1-2,4H2,(H,11,13). The lowest BCUT2D eigenvalue weighted by molar-refractivity contribution is -0.119. The molecular weight excluding hydrogens is 222 g/mol. The molecule has 2 heterocycles. The molecule has 1 aliphatic heterocycles. The first-order valence-corrected chi connectivity index (χ1v) is 5.54. The number of hydrogen-bond donors (Lipinski definition) is 2. The summed E-state index contributed by atoms with van der Waals surface area (Å²) in [6, 6.07) is 0.227. The molecule has 1 fully saturated rings. The second-order valence-electron chi connectivity index (χ2n) is 3.14. The number of nitrogens with zero attached hydrogens (tertiary/aromatic N) is 1. The highest BCUT2D eigenvalue weighted by atomic mass is 35.5. The van der Waals surface area contributed by atoms with E-state index in [9.17, 15) is 4.79 Å². The van der Waals surface area contributed by atoms with Gasteiger partial charge in [0.1, 0.15) is 9.34 Å². The molecule has 1 atom stereocenters. The summed E-state index contributed by atoms with van der Waals surface area (Å²) in [4.78, 5) is 15.0. The SMILES string of the molecule is O=C1CC(NCc2ncc(Cl)s2)CN1. The lowest BCUT2D eigenvalue weighted by Gasteiger charge is -2.07. The van der Waals surface area contributed by atoms with E-state index in [1.54, 1.807) is 6.20 Å². The second kappa shape index (κ2) is 4.25. The van der Waals surface area contributed by atoms with Crippen molar-refractivity contribution in [3.63, 3.8) is 0 Å². The van der Waals surface area contributed by atoms with Crippen LogP contribution in [0.25, 0.3) is 0 Å². The summed E-state index contributed by atoms with van der Waals surface area (Å²) in [5.41, 5.74) is 0. The van der Waals surface area contributed by atoms with Crippen LogP contribution in [-0.2, 0) is 11.3 Å². The molecule has 1 unspecified atom stereocenters. The predicted octanol–water partition coefficient (Wildman–Crippen LogP) is 0.775. The third-order valence-corrected chi connectivity index (χ3v) is 3.16. The molecule has 1 saturated heterocycles. The molecule has 2 rings (SSSR count). The Morgan fingerprint density at radius 3 is 3.21 bits per heavy atom. The van der Waals surface area contributed by atoms with Crippen molar-refractivity contribution in [2.45, 2.75) is 19.0 Å². The monoisotopic (exact) mass is 231 g/mol. The Bertz CT molecular complexity index is 341. The highest BCUT2D eigenvalue weighted by Gasteiger charge is 2.20. The maximum absolute atomic E-state index is 10.9. The molecular formula is C8H10ClN3OS. The maximum atomic E-state index is 10.9. The van der Waals surface area contributed by atoms with Gasteiger partial charge in [-0.25, -0.2) is 4.98 Å². The first-order valence-electron chi connectivity index (χ1n) is 4.34. The van der Waals surface area contributed by atoms with Gasteiger partial charge in [-0.1, -0.05) is 11.6 Å². The van der Waals surface area contributed by atoms with E-state index in [-0.39, 0.29) is 11.9 Å². The topological polar surface area (TPSA) is 54.0 Å². The Kier molecular flexibility index (Phi) is 3.00. The summed E-state index contributed by atoms with van der Waals surface area (Å²) < 4.78 is 0.697. The van der Waals surface area contributed by atoms with Crippen LogP contribution in [0.1, 0.15) is 11.4 Å². The molecule has 1 aliphatic rings. The highest BCUT2D eigenvalue weighted by Crippen LogP contribution is 2.18. The van der Waals surface area contributed by atoms with E-state index in [1.807, 2.05) is 0 Å². The van der Waals surface area contributed by atoms with Crippen LogP contribution in [-0.4, -0.2) is 23.5 Å². The number of carbonyl (C=O) groups is 1. The van der Waals surface area contributed by atoms with Crippen molar-refractivity contribution in [2.75, 3.05) is 6.54 Å². The van der Waals surface area contributed by atoms with Gasteiger partial charge in [-0.15, -0.1) is 11.3 Å². The van der Waals surface area contributed by atoms with Gasteiger partial charge >= 0.3 is 0 Å². The Labute approximate surface area is 90.7 Å². The van der Waals surface area contributed by atoms with Crippen LogP contribution < -0.4 is 10.6 Å². The fourth-order valence-corrected chi connectivity index (χ4v) is 2.26. The van der Waals surface area contributed by atoms with Gasteiger partial charge in [-0.05, 0) is 0 Å². The molecule has 1 aromatic heterocycles. The highest BCUT2D eigenvalue weighted by molar-refractivity contribution is 7.15. The van der Waals surface area contributed by atoms with Gasteiger partial charge in [0, 0.05) is 25.6 Å². The molecule has 1 aromatic rings. The van der Waals surface area contributed by atoms with E-state index in [1.165, 1.54) is 11.3 Å². The van der Waals surface area contributed by atoms with Crippen molar-refractivity contribution in [1.82, 2.24) is 15.6 Å². The number of amides is 1. The van der Waals surface area contributed by atoms with Gasteiger partial charge < -0.3 is 10.6 Å². The van der Waals surface area contributed by atoms with Crippen LogP contribution >= 0.6 is 22.9 Å². The van der Waals surface area contributed by atoms with Gasteiger partial charge in [0.25, 0.3) is 0 Å². The van der Waals surface area contributed by atoms with Crippen molar-refractivity contribution in [2.24, 2.45) is 0 Å². The lowest BCUT2D eigenvalue weighted by atomic mass is 10.2.